The van der Waals surface area contributed by atoms with Crippen molar-refractivity contribution in [2.45, 2.75) is 51.4 Å². The zero-order valence-electron chi connectivity index (χ0n) is 24.5. The fraction of sp³-hybridized carbons (Fsp3) is 0.200. The van der Waals surface area contributed by atoms with Crippen LogP contribution in [0.4, 0.5) is 0 Å². The van der Waals surface area contributed by atoms with Crippen LogP contribution >= 0.6 is 0 Å². The van der Waals surface area contributed by atoms with Gasteiger partial charge in [0.2, 0.25) is 0 Å². The highest BCUT2D eigenvalue weighted by Gasteiger charge is 2.47. The maximum Gasteiger partial charge on any atom is 0.139 e. The summed E-state index contributed by atoms with van der Waals surface area (Å²) in [7, 11) is 0. The average molecular weight is 545 g/mol. The Morgan fingerprint density at radius 1 is 0.595 bits per heavy atom. The van der Waals surface area contributed by atoms with Crippen LogP contribution in [-0.2, 0) is 17.3 Å². The van der Waals surface area contributed by atoms with Crippen LogP contribution in [0.5, 0.6) is 0 Å². The molecule has 0 aliphatic heterocycles. The van der Waals surface area contributed by atoms with Gasteiger partial charge in [-0.15, -0.1) is 0 Å². The van der Waals surface area contributed by atoms with Crippen LogP contribution in [0.25, 0.3) is 50.3 Å². The second kappa shape index (κ2) is 8.04. The van der Waals surface area contributed by atoms with Crippen molar-refractivity contribution in [2.24, 2.45) is 0 Å². The van der Waals surface area contributed by atoms with Crippen molar-refractivity contribution in [3.8, 4) is 33.8 Å². The fourth-order valence-electron chi connectivity index (χ4n) is 8.13. The van der Waals surface area contributed by atoms with E-state index >= 15 is 0 Å². The molecule has 0 unspecified atom stereocenters. The normalized spacial score (nSPS) is 16.9. The number of aryl methyl sites for hydroxylation is 1. The third-order valence-corrected chi connectivity index (χ3v) is 10.1. The number of hydrogen-bond acceptors (Lipinski definition) is 2. The number of benzene rings is 4. The molecule has 3 aliphatic carbocycles. The van der Waals surface area contributed by atoms with E-state index in [9.17, 15) is 0 Å². The fourth-order valence-corrected chi connectivity index (χ4v) is 8.13. The van der Waals surface area contributed by atoms with Gasteiger partial charge < -0.3 is 8.83 Å². The number of allylic oxidation sites excluding steroid dienone is 1. The molecule has 2 heterocycles. The lowest BCUT2D eigenvalue weighted by molar-refractivity contribution is 0.519. The quantitative estimate of drug-likeness (QED) is 0.217. The first kappa shape index (κ1) is 24.1. The molecule has 2 aromatic heterocycles. The van der Waals surface area contributed by atoms with Crippen molar-refractivity contribution < 1.29 is 8.83 Å². The van der Waals surface area contributed by atoms with Crippen molar-refractivity contribution in [1.82, 2.24) is 0 Å². The summed E-state index contributed by atoms with van der Waals surface area (Å²) in [5.41, 5.74) is 14.6. The van der Waals surface area contributed by atoms with Crippen LogP contribution in [0.15, 0.2) is 106 Å². The van der Waals surface area contributed by atoms with Crippen molar-refractivity contribution in [2.75, 3.05) is 0 Å². The summed E-state index contributed by atoms with van der Waals surface area (Å²) in [6.45, 7) is 9.44. The van der Waals surface area contributed by atoms with Gasteiger partial charge in [-0.1, -0.05) is 107 Å². The van der Waals surface area contributed by atoms with Gasteiger partial charge in [-0.25, -0.2) is 0 Å². The first-order chi connectivity index (χ1) is 20.4. The molecule has 0 atom stereocenters. The predicted molar refractivity (Wildman–Crippen MR) is 171 cm³/mol. The van der Waals surface area contributed by atoms with E-state index in [1.165, 1.54) is 66.6 Å². The molecular formula is C40H32O2. The summed E-state index contributed by atoms with van der Waals surface area (Å²) >= 11 is 0. The molecule has 0 fully saturated rings. The molecule has 2 nitrogen and oxygen atoms in total. The Labute approximate surface area is 246 Å². The highest BCUT2D eigenvalue weighted by atomic mass is 16.3. The highest BCUT2D eigenvalue weighted by molar-refractivity contribution is 6.04. The van der Waals surface area contributed by atoms with E-state index in [0.717, 1.165) is 35.7 Å². The molecule has 0 spiro atoms. The monoisotopic (exact) mass is 544 g/mol. The second-order valence-corrected chi connectivity index (χ2v) is 13.2. The van der Waals surface area contributed by atoms with Crippen LogP contribution < -0.4 is 0 Å². The summed E-state index contributed by atoms with van der Waals surface area (Å²) in [5.74, 6) is 3.20. The Morgan fingerprint density at radius 3 is 1.90 bits per heavy atom. The number of furan rings is 2. The Kier molecular flexibility index (Phi) is 4.61. The largest absolute Gasteiger partial charge is 0.460 e. The Hall–Kier alpha value is -4.56. The Morgan fingerprint density at radius 2 is 1.21 bits per heavy atom. The average Bonchev–Trinajstić information content (AvgIpc) is 3.71. The molecule has 0 amide bonds. The van der Waals surface area contributed by atoms with Crippen molar-refractivity contribution >= 4 is 16.5 Å². The molecule has 0 saturated carbocycles. The lowest BCUT2D eigenvalue weighted by Crippen LogP contribution is -2.19. The third kappa shape index (κ3) is 2.95. The number of fused-ring (bicyclic) bond motifs is 10. The molecule has 9 rings (SSSR count). The molecule has 42 heavy (non-hydrogen) atoms. The predicted octanol–water partition coefficient (Wildman–Crippen LogP) is 10.7. The molecule has 2 heteroatoms. The van der Waals surface area contributed by atoms with Crippen LogP contribution in [0, 0.1) is 0 Å². The van der Waals surface area contributed by atoms with Gasteiger partial charge in [0.25, 0.3) is 0 Å². The minimum atomic E-state index is -0.218. The molecule has 3 aliphatic rings. The second-order valence-electron chi connectivity index (χ2n) is 13.2. The van der Waals surface area contributed by atoms with E-state index < -0.39 is 0 Å². The van der Waals surface area contributed by atoms with Gasteiger partial charge in [-0.05, 0) is 58.0 Å². The van der Waals surface area contributed by atoms with E-state index in [0.29, 0.717) is 0 Å². The maximum atomic E-state index is 6.83. The number of rotatable bonds is 2. The molecule has 0 bridgehead atoms. The zero-order chi connectivity index (χ0) is 28.4. The van der Waals surface area contributed by atoms with E-state index in [4.69, 9.17) is 8.83 Å². The minimum absolute atomic E-state index is 0.198. The molecular weight excluding hydrogens is 512 g/mol. The van der Waals surface area contributed by atoms with Crippen LogP contribution in [-0.4, -0.2) is 0 Å². The van der Waals surface area contributed by atoms with Crippen molar-refractivity contribution in [1.29, 1.82) is 0 Å². The van der Waals surface area contributed by atoms with Gasteiger partial charge in [0.05, 0.1) is 0 Å². The van der Waals surface area contributed by atoms with Gasteiger partial charge in [0.1, 0.15) is 22.9 Å². The molecule has 0 radical (unpaired) electrons. The van der Waals surface area contributed by atoms with Crippen molar-refractivity contribution in [3.63, 3.8) is 0 Å². The van der Waals surface area contributed by atoms with E-state index in [2.05, 4.69) is 125 Å². The zero-order valence-corrected chi connectivity index (χ0v) is 24.5. The maximum absolute atomic E-state index is 6.83. The molecule has 6 aromatic rings. The van der Waals surface area contributed by atoms with E-state index in [-0.39, 0.29) is 10.8 Å². The van der Waals surface area contributed by atoms with Crippen LogP contribution in [0.3, 0.4) is 0 Å². The van der Waals surface area contributed by atoms with E-state index in [1.54, 1.807) is 0 Å². The molecule has 204 valence electrons. The van der Waals surface area contributed by atoms with Crippen molar-refractivity contribution in [3.05, 3.63) is 136 Å². The summed E-state index contributed by atoms with van der Waals surface area (Å²) in [6, 6.07) is 32.8. The first-order valence-corrected chi connectivity index (χ1v) is 15.1. The summed E-state index contributed by atoms with van der Waals surface area (Å²) in [6.07, 6.45) is 4.36. The topological polar surface area (TPSA) is 26.3 Å². The molecule has 4 aromatic carbocycles. The highest BCUT2D eigenvalue weighted by Crippen LogP contribution is 2.60. The SMILES string of the molecule is CC1(C)c2cc3c(cc2-c2oc4c(c21)C(c1ccccc1)=CCC4)C(C)(C)c1c-3oc2cccc(-c3ccccc3)c12. The Bertz CT molecular complexity index is 2110. The van der Waals surface area contributed by atoms with Crippen LogP contribution in [0.2, 0.25) is 0 Å². The number of hydrogen-bond donors (Lipinski definition) is 0. The molecule has 0 saturated heterocycles. The lowest BCUT2D eigenvalue weighted by Gasteiger charge is -2.26. The summed E-state index contributed by atoms with van der Waals surface area (Å²) < 4.78 is 13.6. The smallest absolute Gasteiger partial charge is 0.139 e. The van der Waals surface area contributed by atoms with E-state index in [1.807, 2.05) is 0 Å². The standard InChI is InChI=1S/C40H32O2/c1-39(2)29-21-28-30(22-27(29)37-35(39)33-25(17-11-19-31(33)41-37)23-13-7-5-8-14-23)40(3,4)36-34-26(24-15-9-6-10-16-24)18-12-20-32(34)42-38(28)36/h5-11,13-19,21-22H,12,20H2,1-4H3. The lowest BCUT2D eigenvalue weighted by atomic mass is 9.76. The minimum Gasteiger partial charge on any atom is -0.460 e. The van der Waals surface area contributed by atoms with Crippen LogP contribution in [0.1, 0.15) is 73.3 Å². The summed E-state index contributed by atoms with van der Waals surface area (Å²) in [4.78, 5) is 0. The van der Waals surface area contributed by atoms with Gasteiger partial charge in [-0.2, -0.15) is 0 Å². The van der Waals surface area contributed by atoms with Gasteiger partial charge in [-0.3, -0.25) is 0 Å². The molecule has 0 N–H and O–H groups in total. The van der Waals surface area contributed by atoms with Gasteiger partial charge in [0.15, 0.2) is 0 Å². The first-order valence-electron chi connectivity index (χ1n) is 15.1. The Balaban J connectivity index is 1.27. The van der Waals surface area contributed by atoms with Gasteiger partial charge >= 0.3 is 0 Å². The van der Waals surface area contributed by atoms with Gasteiger partial charge in [0, 0.05) is 50.5 Å². The summed E-state index contributed by atoms with van der Waals surface area (Å²) in [5, 5.41) is 1.23. The third-order valence-electron chi connectivity index (χ3n) is 10.1.